The van der Waals surface area contributed by atoms with Crippen LogP contribution in [-0.2, 0) is 36.5 Å². The molecular weight excluding hydrogens is 334 g/mol. The van der Waals surface area contributed by atoms with E-state index in [1.165, 1.54) is 4.31 Å². The quantitative estimate of drug-likeness (QED) is 0.868. The summed E-state index contributed by atoms with van der Waals surface area (Å²) in [5.74, 6) is 1.66. The first-order chi connectivity index (χ1) is 10.9. The third-order valence-corrected chi connectivity index (χ3v) is 6.55. The number of rotatable bonds is 5. The van der Waals surface area contributed by atoms with Gasteiger partial charge in [-0.2, -0.15) is 21.2 Å². The van der Waals surface area contributed by atoms with Crippen LogP contribution in [0.1, 0.15) is 22.8 Å². The number of aromatic nitrogens is 4. The van der Waals surface area contributed by atoms with Crippen molar-refractivity contribution in [3.63, 3.8) is 0 Å². The van der Waals surface area contributed by atoms with Gasteiger partial charge in [0.1, 0.15) is 5.82 Å². The minimum Gasteiger partial charge on any atom is -0.337 e. The lowest BCUT2D eigenvalue weighted by Gasteiger charge is -2.25. The van der Waals surface area contributed by atoms with Crippen LogP contribution in [0, 0.1) is 6.92 Å². The predicted molar refractivity (Wildman–Crippen MR) is 89.9 cm³/mol. The number of nitrogens with zero attached hydrogens (tertiary/aromatic N) is 4. The van der Waals surface area contributed by atoms with Crippen molar-refractivity contribution in [1.29, 1.82) is 0 Å². The molecule has 0 spiro atoms. The minimum atomic E-state index is -3.57. The van der Waals surface area contributed by atoms with Crippen LogP contribution >= 0.6 is 11.8 Å². The Morgan fingerprint density at radius 2 is 2.22 bits per heavy atom. The minimum absolute atomic E-state index is 0.120. The molecule has 0 saturated carbocycles. The van der Waals surface area contributed by atoms with Gasteiger partial charge in [-0.05, 0) is 18.9 Å². The molecule has 0 aromatic carbocycles. The fourth-order valence-corrected chi connectivity index (χ4v) is 4.55. The molecular formula is C14H21N5O2S2. The van der Waals surface area contributed by atoms with Gasteiger partial charge in [-0.25, -0.2) is 13.4 Å². The summed E-state index contributed by atoms with van der Waals surface area (Å²) in [5, 5.41) is 7.54. The zero-order valence-electron chi connectivity index (χ0n) is 13.5. The zero-order valence-corrected chi connectivity index (χ0v) is 15.2. The number of H-pyrrole nitrogens is 1. The number of aromatic amines is 1. The van der Waals surface area contributed by atoms with E-state index in [1.54, 1.807) is 36.5 Å². The van der Waals surface area contributed by atoms with Crippen molar-refractivity contribution in [2.75, 3.05) is 18.6 Å². The Morgan fingerprint density at radius 3 is 2.87 bits per heavy atom. The van der Waals surface area contributed by atoms with E-state index in [1.807, 2.05) is 0 Å². The highest BCUT2D eigenvalue weighted by Gasteiger charge is 2.32. The van der Waals surface area contributed by atoms with Crippen molar-refractivity contribution in [2.45, 2.75) is 31.3 Å². The molecule has 1 aliphatic rings. The Kier molecular flexibility index (Phi) is 4.52. The first kappa shape index (κ1) is 16.5. The Balaban J connectivity index is 1.87. The van der Waals surface area contributed by atoms with Crippen molar-refractivity contribution >= 4 is 21.8 Å². The Hall–Kier alpha value is -1.32. The van der Waals surface area contributed by atoms with Crippen LogP contribution in [0.3, 0.4) is 0 Å². The highest BCUT2D eigenvalue weighted by atomic mass is 32.2. The smallest absolute Gasteiger partial charge is 0.262 e. The number of nitrogens with one attached hydrogen (secondary N) is 1. The maximum atomic E-state index is 12.8. The van der Waals surface area contributed by atoms with Crippen LogP contribution < -0.4 is 0 Å². The highest BCUT2D eigenvalue weighted by molar-refractivity contribution is 7.98. The summed E-state index contributed by atoms with van der Waals surface area (Å²) < 4.78 is 28.9. The summed E-state index contributed by atoms with van der Waals surface area (Å²) in [6, 6.07) is 0. The second kappa shape index (κ2) is 6.29. The molecule has 0 unspecified atom stereocenters. The normalized spacial score (nSPS) is 15.8. The third-order valence-electron chi connectivity index (χ3n) is 4.22. The van der Waals surface area contributed by atoms with Crippen molar-refractivity contribution in [3.8, 4) is 0 Å². The molecule has 7 nitrogen and oxygen atoms in total. The molecule has 3 heterocycles. The lowest BCUT2D eigenvalue weighted by molar-refractivity contribution is 0.387. The zero-order chi connectivity index (χ0) is 16.6. The van der Waals surface area contributed by atoms with Gasteiger partial charge in [0.15, 0.2) is 5.03 Å². The number of hydrogen-bond donors (Lipinski definition) is 1. The fraction of sp³-hybridized carbons (Fsp3) is 0.571. The number of sulfonamides is 1. The van der Waals surface area contributed by atoms with Crippen LogP contribution in [-0.4, -0.2) is 51.0 Å². The van der Waals surface area contributed by atoms with E-state index in [0.29, 0.717) is 25.3 Å². The molecule has 9 heteroatoms. The maximum Gasteiger partial charge on any atom is 0.262 e. The van der Waals surface area contributed by atoms with E-state index >= 15 is 0 Å². The first-order valence-corrected chi connectivity index (χ1v) is 10.3. The molecule has 0 radical (unpaired) electrons. The highest BCUT2D eigenvalue weighted by Crippen LogP contribution is 2.26. The number of hydrogen-bond acceptors (Lipinski definition) is 5. The molecule has 1 N–H and O–H groups in total. The van der Waals surface area contributed by atoms with E-state index < -0.39 is 10.0 Å². The van der Waals surface area contributed by atoms with Gasteiger partial charge in [0, 0.05) is 50.4 Å². The monoisotopic (exact) mass is 355 g/mol. The van der Waals surface area contributed by atoms with Crippen LogP contribution in [0.2, 0.25) is 0 Å². The fourth-order valence-electron chi connectivity index (χ4n) is 2.72. The van der Waals surface area contributed by atoms with Gasteiger partial charge < -0.3 is 4.57 Å². The lowest BCUT2D eigenvalue weighted by Crippen LogP contribution is -2.36. The van der Waals surface area contributed by atoms with Gasteiger partial charge in [-0.15, -0.1) is 0 Å². The molecule has 0 aliphatic carbocycles. The first-order valence-electron chi connectivity index (χ1n) is 7.47. The SMILES string of the molecule is CSCCc1n[nH]c2c1CN(S(=O)(=O)c1cn(C)c(C)n1)CC2. The summed E-state index contributed by atoms with van der Waals surface area (Å²) in [6.45, 7) is 2.62. The summed E-state index contributed by atoms with van der Waals surface area (Å²) in [4.78, 5) is 4.18. The van der Waals surface area contributed by atoms with E-state index in [9.17, 15) is 8.42 Å². The molecule has 2 aromatic rings. The summed E-state index contributed by atoms with van der Waals surface area (Å²) >= 11 is 1.76. The molecule has 3 rings (SSSR count). The Bertz CT molecular complexity index is 790. The second-order valence-electron chi connectivity index (χ2n) is 5.70. The van der Waals surface area contributed by atoms with Crippen LogP contribution in [0.25, 0.3) is 0 Å². The molecule has 0 bridgehead atoms. The Morgan fingerprint density at radius 1 is 1.43 bits per heavy atom. The molecule has 2 aromatic heterocycles. The summed E-state index contributed by atoms with van der Waals surface area (Å²) in [7, 11) is -1.77. The molecule has 1 aliphatic heterocycles. The van der Waals surface area contributed by atoms with E-state index in [-0.39, 0.29) is 5.03 Å². The lowest BCUT2D eigenvalue weighted by atomic mass is 10.1. The van der Waals surface area contributed by atoms with Crippen LogP contribution in [0.5, 0.6) is 0 Å². The van der Waals surface area contributed by atoms with Crippen molar-refractivity contribution < 1.29 is 8.42 Å². The average molecular weight is 355 g/mol. The second-order valence-corrected chi connectivity index (χ2v) is 8.57. The van der Waals surface area contributed by atoms with Gasteiger partial charge in [-0.3, -0.25) is 5.10 Å². The van der Waals surface area contributed by atoms with Crippen LogP contribution in [0.15, 0.2) is 11.2 Å². The van der Waals surface area contributed by atoms with Crippen molar-refractivity contribution in [3.05, 3.63) is 29.0 Å². The molecule has 0 amide bonds. The van der Waals surface area contributed by atoms with Gasteiger partial charge >= 0.3 is 0 Å². The summed E-state index contributed by atoms with van der Waals surface area (Å²) in [5.41, 5.74) is 3.07. The van der Waals surface area contributed by atoms with Gasteiger partial charge in [-0.1, -0.05) is 0 Å². The molecule has 0 saturated heterocycles. The van der Waals surface area contributed by atoms with E-state index in [0.717, 1.165) is 29.1 Å². The van der Waals surface area contributed by atoms with Crippen LogP contribution in [0.4, 0.5) is 0 Å². The molecule has 23 heavy (non-hydrogen) atoms. The van der Waals surface area contributed by atoms with Crippen molar-refractivity contribution in [2.24, 2.45) is 7.05 Å². The average Bonchev–Trinajstić information content (AvgIpc) is 3.09. The summed E-state index contributed by atoms with van der Waals surface area (Å²) in [6.07, 6.45) is 5.14. The molecule has 0 atom stereocenters. The number of imidazole rings is 1. The number of aryl methyl sites for hydroxylation is 3. The predicted octanol–water partition coefficient (Wildman–Crippen LogP) is 1.10. The Labute approximate surface area is 140 Å². The van der Waals surface area contributed by atoms with E-state index in [4.69, 9.17) is 0 Å². The largest absolute Gasteiger partial charge is 0.337 e. The topological polar surface area (TPSA) is 83.9 Å². The molecule has 0 fully saturated rings. The van der Waals surface area contributed by atoms with Gasteiger partial charge in [0.05, 0.1) is 5.69 Å². The van der Waals surface area contributed by atoms with Gasteiger partial charge in [0.25, 0.3) is 10.0 Å². The third kappa shape index (κ3) is 3.05. The molecule has 126 valence electrons. The standard InChI is InChI=1S/C14H21N5O2S2/c1-10-15-14(9-18(10)2)23(20,21)19-6-4-12-11(8-19)13(17-16-12)5-7-22-3/h9H,4-8H2,1-3H3,(H,16,17). The number of thioether (sulfide) groups is 1. The van der Waals surface area contributed by atoms with Gasteiger partial charge in [0.2, 0.25) is 0 Å². The number of fused-ring (bicyclic) bond motifs is 1. The van der Waals surface area contributed by atoms with E-state index in [2.05, 4.69) is 21.4 Å². The van der Waals surface area contributed by atoms with Crippen molar-refractivity contribution in [1.82, 2.24) is 24.1 Å². The maximum absolute atomic E-state index is 12.8.